The van der Waals surface area contributed by atoms with Gasteiger partial charge in [-0.15, -0.1) is 11.3 Å². The number of halogens is 1. The average Bonchev–Trinajstić information content (AvgIpc) is 3.39. The Balaban J connectivity index is 1.56. The Labute approximate surface area is 169 Å². The van der Waals surface area contributed by atoms with Crippen LogP contribution in [0.5, 0.6) is 11.5 Å². The average molecular weight is 406 g/mol. The lowest BCUT2D eigenvalue weighted by Gasteiger charge is -2.22. The molecule has 29 heavy (non-hydrogen) atoms. The third-order valence-corrected chi connectivity index (χ3v) is 5.78. The molecule has 0 fully saturated rings. The van der Waals surface area contributed by atoms with Crippen LogP contribution in [0.3, 0.4) is 0 Å². The predicted octanol–water partition coefficient (Wildman–Crippen LogP) is 5.01. The van der Waals surface area contributed by atoms with Gasteiger partial charge in [-0.3, -0.25) is 9.78 Å². The van der Waals surface area contributed by atoms with Crippen LogP contribution in [0, 0.1) is 5.82 Å². The molecule has 1 aliphatic rings. The van der Waals surface area contributed by atoms with E-state index in [2.05, 4.69) is 4.98 Å². The molecule has 4 aromatic rings. The number of benzene rings is 2. The third kappa shape index (κ3) is 3.30. The van der Waals surface area contributed by atoms with E-state index in [9.17, 15) is 9.18 Å². The molecule has 1 aliphatic heterocycles. The van der Waals surface area contributed by atoms with Crippen molar-refractivity contribution in [3.05, 3.63) is 83.2 Å². The SMILES string of the molecule is O=C(c1cc2c(F)cccc2s1)N(Cc1cccnc1)c1ccc2c(c1)OCO2. The van der Waals surface area contributed by atoms with Gasteiger partial charge in [0.15, 0.2) is 11.5 Å². The Bertz CT molecular complexity index is 1210. The van der Waals surface area contributed by atoms with Crippen LogP contribution in [0.1, 0.15) is 15.2 Å². The quantitative estimate of drug-likeness (QED) is 0.478. The highest BCUT2D eigenvalue weighted by Crippen LogP contribution is 2.37. The molecule has 2 aromatic heterocycles. The molecule has 2 aromatic carbocycles. The van der Waals surface area contributed by atoms with Gasteiger partial charge in [-0.1, -0.05) is 12.1 Å². The number of hydrogen-bond acceptors (Lipinski definition) is 5. The zero-order valence-electron chi connectivity index (χ0n) is 15.2. The highest BCUT2D eigenvalue weighted by atomic mass is 32.1. The van der Waals surface area contributed by atoms with Crippen LogP contribution in [0.4, 0.5) is 10.1 Å². The first kappa shape index (κ1) is 17.6. The smallest absolute Gasteiger partial charge is 0.268 e. The molecule has 0 unspecified atom stereocenters. The van der Waals surface area contributed by atoms with Crippen LogP contribution in [0.25, 0.3) is 10.1 Å². The standard InChI is InChI=1S/C22H15FN2O3S/c23-17-4-1-5-20-16(17)10-21(29-20)22(26)25(12-14-3-2-8-24-11-14)15-6-7-18-19(9-15)28-13-27-18/h1-11H,12-13H2. The fourth-order valence-electron chi connectivity index (χ4n) is 3.27. The highest BCUT2D eigenvalue weighted by Gasteiger charge is 2.23. The summed E-state index contributed by atoms with van der Waals surface area (Å²) in [5.41, 5.74) is 1.55. The van der Waals surface area contributed by atoms with Gasteiger partial charge in [0, 0.05) is 34.2 Å². The van der Waals surface area contributed by atoms with E-state index >= 15 is 0 Å². The number of thiophene rings is 1. The summed E-state index contributed by atoms with van der Waals surface area (Å²) in [6.07, 6.45) is 3.41. The van der Waals surface area contributed by atoms with Gasteiger partial charge in [-0.2, -0.15) is 0 Å². The molecule has 0 radical (unpaired) electrons. The molecule has 0 spiro atoms. The van der Waals surface area contributed by atoms with Gasteiger partial charge in [0.1, 0.15) is 5.82 Å². The van der Waals surface area contributed by atoms with E-state index in [-0.39, 0.29) is 18.5 Å². The minimum Gasteiger partial charge on any atom is -0.454 e. The summed E-state index contributed by atoms with van der Waals surface area (Å²) in [5, 5.41) is 0.452. The van der Waals surface area contributed by atoms with E-state index in [1.165, 1.54) is 17.4 Å². The number of hydrogen-bond donors (Lipinski definition) is 0. The van der Waals surface area contributed by atoms with Crippen molar-refractivity contribution in [2.75, 3.05) is 11.7 Å². The second kappa shape index (κ2) is 7.18. The monoisotopic (exact) mass is 406 g/mol. The predicted molar refractivity (Wildman–Crippen MR) is 109 cm³/mol. The highest BCUT2D eigenvalue weighted by molar-refractivity contribution is 7.20. The normalized spacial score (nSPS) is 12.3. The molecule has 5 rings (SSSR count). The lowest BCUT2D eigenvalue weighted by atomic mass is 10.2. The van der Waals surface area contributed by atoms with E-state index < -0.39 is 0 Å². The molecule has 7 heteroatoms. The second-order valence-electron chi connectivity index (χ2n) is 6.55. The number of nitrogens with zero attached hydrogens (tertiary/aromatic N) is 2. The molecule has 0 saturated carbocycles. The van der Waals surface area contributed by atoms with E-state index in [1.54, 1.807) is 41.6 Å². The molecule has 0 N–H and O–H groups in total. The first-order valence-corrected chi connectivity index (χ1v) is 9.79. The first-order chi connectivity index (χ1) is 14.2. The van der Waals surface area contributed by atoms with Gasteiger partial charge in [-0.05, 0) is 42.0 Å². The number of carbonyl (C=O) groups is 1. The Morgan fingerprint density at radius 3 is 2.83 bits per heavy atom. The van der Waals surface area contributed by atoms with E-state index in [0.29, 0.717) is 34.0 Å². The van der Waals surface area contributed by atoms with Crippen molar-refractivity contribution >= 4 is 33.0 Å². The maximum Gasteiger partial charge on any atom is 0.268 e. The lowest BCUT2D eigenvalue weighted by Crippen LogP contribution is -2.29. The summed E-state index contributed by atoms with van der Waals surface area (Å²) >= 11 is 1.28. The molecule has 5 nitrogen and oxygen atoms in total. The van der Waals surface area contributed by atoms with E-state index in [1.807, 2.05) is 24.3 Å². The van der Waals surface area contributed by atoms with E-state index in [4.69, 9.17) is 9.47 Å². The summed E-state index contributed by atoms with van der Waals surface area (Å²) in [6, 6.07) is 15.6. The van der Waals surface area contributed by atoms with Crippen LogP contribution >= 0.6 is 11.3 Å². The molecule has 0 bridgehead atoms. The Kier molecular flexibility index (Phi) is 4.37. The fourth-order valence-corrected chi connectivity index (χ4v) is 4.30. The van der Waals surface area contributed by atoms with Crippen molar-refractivity contribution in [2.45, 2.75) is 6.54 Å². The first-order valence-electron chi connectivity index (χ1n) is 8.97. The zero-order valence-corrected chi connectivity index (χ0v) is 16.0. The molecule has 0 aliphatic carbocycles. The summed E-state index contributed by atoms with van der Waals surface area (Å²) in [5.74, 6) is 0.688. The van der Waals surface area contributed by atoms with Crippen molar-refractivity contribution in [3.8, 4) is 11.5 Å². The van der Waals surface area contributed by atoms with Gasteiger partial charge in [0.2, 0.25) is 6.79 Å². The summed E-state index contributed by atoms with van der Waals surface area (Å²) in [7, 11) is 0. The Hall–Kier alpha value is -3.45. The summed E-state index contributed by atoms with van der Waals surface area (Å²) in [4.78, 5) is 19.7. The van der Waals surface area contributed by atoms with Crippen LogP contribution in [0.2, 0.25) is 0 Å². The van der Waals surface area contributed by atoms with Gasteiger partial charge in [0.25, 0.3) is 5.91 Å². The van der Waals surface area contributed by atoms with Crippen LogP contribution in [-0.2, 0) is 6.54 Å². The van der Waals surface area contributed by atoms with Gasteiger partial charge in [0.05, 0.1) is 11.4 Å². The van der Waals surface area contributed by atoms with E-state index in [0.717, 1.165) is 10.3 Å². The number of anilines is 1. The van der Waals surface area contributed by atoms with Crippen molar-refractivity contribution in [3.63, 3.8) is 0 Å². The maximum absolute atomic E-state index is 14.1. The van der Waals surface area contributed by atoms with Gasteiger partial charge in [-0.25, -0.2) is 4.39 Å². The van der Waals surface area contributed by atoms with Crippen LogP contribution in [-0.4, -0.2) is 17.7 Å². The molecule has 1 amide bonds. The minimum atomic E-state index is -0.334. The summed E-state index contributed by atoms with van der Waals surface area (Å²) in [6.45, 7) is 0.480. The third-order valence-electron chi connectivity index (χ3n) is 4.70. The molecule has 0 atom stereocenters. The van der Waals surface area contributed by atoms with Crippen molar-refractivity contribution in [2.24, 2.45) is 0 Å². The zero-order chi connectivity index (χ0) is 19.8. The Morgan fingerprint density at radius 2 is 2.00 bits per heavy atom. The van der Waals surface area contributed by atoms with Crippen molar-refractivity contribution in [1.29, 1.82) is 0 Å². The molecular formula is C22H15FN2O3S. The lowest BCUT2D eigenvalue weighted by molar-refractivity contribution is 0.0989. The molecule has 3 heterocycles. The molecule has 0 saturated heterocycles. The fraction of sp³-hybridized carbons (Fsp3) is 0.0909. The number of fused-ring (bicyclic) bond motifs is 2. The van der Waals surface area contributed by atoms with Gasteiger partial charge < -0.3 is 14.4 Å². The molecule has 144 valence electrons. The maximum atomic E-state index is 14.1. The second-order valence-corrected chi connectivity index (χ2v) is 7.64. The largest absolute Gasteiger partial charge is 0.454 e. The molecular weight excluding hydrogens is 391 g/mol. The number of rotatable bonds is 4. The topological polar surface area (TPSA) is 51.7 Å². The van der Waals surface area contributed by atoms with Crippen molar-refractivity contribution < 1.29 is 18.7 Å². The number of ether oxygens (including phenoxy) is 2. The van der Waals surface area contributed by atoms with Crippen LogP contribution in [0.15, 0.2) is 67.0 Å². The Morgan fingerprint density at radius 1 is 1.10 bits per heavy atom. The number of amides is 1. The number of aromatic nitrogens is 1. The number of carbonyl (C=O) groups excluding carboxylic acids is 1. The van der Waals surface area contributed by atoms with Gasteiger partial charge >= 0.3 is 0 Å². The van der Waals surface area contributed by atoms with Crippen molar-refractivity contribution in [1.82, 2.24) is 4.98 Å². The minimum absolute atomic E-state index is 0.158. The number of pyridine rings is 1. The van der Waals surface area contributed by atoms with Crippen LogP contribution < -0.4 is 14.4 Å². The summed E-state index contributed by atoms with van der Waals surface area (Å²) < 4.78 is 25.7.